The molecule has 0 aliphatic rings. The first-order valence-corrected chi connectivity index (χ1v) is 5.22. The number of ketones is 1. The lowest BCUT2D eigenvalue weighted by Gasteiger charge is -2.12. The Labute approximate surface area is 99.6 Å². The minimum Gasteiger partial charge on any atom is -0.497 e. The average Bonchev–Trinajstić information content (AvgIpc) is 2.29. The van der Waals surface area contributed by atoms with Crippen LogP contribution in [0.15, 0.2) is 18.2 Å². The normalized spacial score (nSPS) is 11.6. The Morgan fingerprint density at radius 1 is 1.62 bits per heavy atom. The molecule has 1 aromatic carbocycles. The van der Waals surface area contributed by atoms with Gasteiger partial charge in [-0.15, -0.1) is 11.6 Å². The maximum atomic E-state index is 11.2. The van der Waals surface area contributed by atoms with Gasteiger partial charge in [-0.1, -0.05) is 6.07 Å². The van der Waals surface area contributed by atoms with Crippen LogP contribution in [-0.2, 0) is 11.2 Å². The molecule has 0 saturated carbocycles. The number of carbonyl (C=O) groups is 1. The summed E-state index contributed by atoms with van der Waals surface area (Å²) in [6.07, 6.45) is 0.232. The van der Waals surface area contributed by atoms with E-state index in [9.17, 15) is 4.79 Å². The van der Waals surface area contributed by atoms with Gasteiger partial charge >= 0.3 is 0 Å². The molecule has 4 heteroatoms. The summed E-state index contributed by atoms with van der Waals surface area (Å²) in [4.78, 5) is 11.2. The zero-order valence-electron chi connectivity index (χ0n) is 9.16. The third-order valence-corrected chi connectivity index (χ3v) is 2.79. The van der Waals surface area contributed by atoms with E-state index in [0.29, 0.717) is 11.3 Å². The van der Waals surface area contributed by atoms with Crippen LogP contribution in [0.25, 0.3) is 0 Å². The van der Waals surface area contributed by atoms with Crippen molar-refractivity contribution in [1.82, 2.24) is 0 Å². The lowest BCUT2D eigenvalue weighted by atomic mass is 10.00. The molecule has 3 nitrogen and oxygen atoms in total. The summed E-state index contributed by atoms with van der Waals surface area (Å²) in [5.41, 5.74) is 1.41. The molecular formula is C12H12ClNO2. The van der Waals surface area contributed by atoms with Crippen LogP contribution in [0.1, 0.15) is 23.4 Å². The van der Waals surface area contributed by atoms with Crippen molar-refractivity contribution in [3.05, 3.63) is 29.3 Å². The number of hydrogen-bond donors (Lipinski definition) is 0. The van der Waals surface area contributed by atoms with Gasteiger partial charge in [0.25, 0.3) is 0 Å². The standard InChI is InChI=1S/C12H12ClNO2/c1-8(15)12(13)11-7-10(16-2)4-3-9(11)5-6-14/h3-4,7,12H,5H2,1-2H3. The lowest BCUT2D eigenvalue weighted by Crippen LogP contribution is -2.05. The van der Waals surface area contributed by atoms with E-state index in [1.165, 1.54) is 6.92 Å². The second-order valence-corrected chi connectivity index (χ2v) is 3.81. The van der Waals surface area contributed by atoms with Gasteiger partial charge in [-0.05, 0) is 30.2 Å². The molecule has 1 unspecified atom stereocenters. The molecule has 0 amide bonds. The molecule has 0 aliphatic carbocycles. The van der Waals surface area contributed by atoms with Crippen molar-refractivity contribution in [1.29, 1.82) is 5.26 Å². The van der Waals surface area contributed by atoms with Crippen LogP contribution < -0.4 is 4.74 Å². The molecule has 16 heavy (non-hydrogen) atoms. The van der Waals surface area contributed by atoms with Gasteiger partial charge in [0, 0.05) is 0 Å². The molecule has 84 valence electrons. The first-order valence-electron chi connectivity index (χ1n) is 4.78. The number of alkyl halides is 1. The number of nitriles is 1. The molecule has 0 heterocycles. The number of benzene rings is 1. The van der Waals surface area contributed by atoms with Crippen molar-refractivity contribution < 1.29 is 9.53 Å². The topological polar surface area (TPSA) is 50.1 Å². The number of halogens is 1. The molecule has 0 N–H and O–H groups in total. The molecule has 0 aliphatic heterocycles. The Balaban J connectivity index is 3.20. The van der Waals surface area contributed by atoms with Crippen molar-refractivity contribution in [3.8, 4) is 11.8 Å². The van der Waals surface area contributed by atoms with Crippen LogP contribution in [0.4, 0.5) is 0 Å². The van der Waals surface area contributed by atoms with E-state index in [4.69, 9.17) is 21.6 Å². The minimum absolute atomic E-state index is 0.144. The maximum Gasteiger partial charge on any atom is 0.152 e. The van der Waals surface area contributed by atoms with Crippen LogP contribution >= 0.6 is 11.6 Å². The molecule has 0 saturated heterocycles. The van der Waals surface area contributed by atoms with E-state index in [1.54, 1.807) is 25.3 Å². The van der Waals surface area contributed by atoms with E-state index in [2.05, 4.69) is 0 Å². The van der Waals surface area contributed by atoms with Gasteiger partial charge in [-0.25, -0.2) is 0 Å². The summed E-state index contributed by atoms with van der Waals surface area (Å²) in [5, 5.41) is 7.96. The highest BCUT2D eigenvalue weighted by Crippen LogP contribution is 2.29. The summed E-state index contributed by atoms with van der Waals surface area (Å²) in [5.74, 6) is 0.484. The second-order valence-electron chi connectivity index (χ2n) is 3.37. The molecule has 1 aromatic rings. The smallest absolute Gasteiger partial charge is 0.152 e. The second kappa shape index (κ2) is 5.53. The van der Waals surface area contributed by atoms with Gasteiger partial charge in [-0.2, -0.15) is 5.26 Å². The van der Waals surface area contributed by atoms with Gasteiger partial charge in [0.1, 0.15) is 11.1 Å². The Morgan fingerprint density at radius 3 is 2.81 bits per heavy atom. The van der Waals surface area contributed by atoms with Gasteiger partial charge in [0.05, 0.1) is 19.6 Å². The molecular weight excluding hydrogens is 226 g/mol. The van der Waals surface area contributed by atoms with Gasteiger partial charge < -0.3 is 4.74 Å². The van der Waals surface area contributed by atoms with E-state index in [1.807, 2.05) is 6.07 Å². The number of methoxy groups -OCH3 is 1. The quantitative estimate of drug-likeness (QED) is 0.757. The first kappa shape index (κ1) is 12.5. The van der Waals surface area contributed by atoms with Gasteiger partial charge in [-0.3, -0.25) is 4.79 Å². The van der Waals surface area contributed by atoms with E-state index < -0.39 is 5.38 Å². The van der Waals surface area contributed by atoms with Gasteiger partial charge in [0.15, 0.2) is 5.78 Å². The van der Waals surface area contributed by atoms with E-state index in [-0.39, 0.29) is 12.2 Å². The summed E-state index contributed by atoms with van der Waals surface area (Å²) >= 11 is 6.00. The number of hydrogen-bond acceptors (Lipinski definition) is 3. The predicted molar refractivity (Wildman–Crippen MR) is 61.6 cm³/mol. The molecule has 0 radical (unpaired) electrons. The minimum atomic E-state index is -0.724. The average molecular weight is 238 g/mol. The largest absolute Gasteiger partial charge is 0.497 e. The van der Waals surface area contributed by atoms with Crippen LogP contribution in [-0.4, -0.2) is 12.9 Å². The van der Waals surface area contributed by atoms with Crippen LogP contribution in [0, 0.1) is 11.3 Å². The first-order chi connectivity index (χ1) is 7.60. The van der Waals surface area contributed by atoms with Gasteiger partial charge in [0.2, 0.25) is 0 Å². The highest BCUT2D eigenvalue weighted by Gasteiger charge is 2.17. The van der Waals surface area contributed by atoms with Crippen molar-refractivity contribution in [2.45, 2.75) is 18.7 Å². The number of ether oxygens (including phenoxy) is 1. The molecule has 0 spiro atoms. The third kappa shape index (κ3) is 2.74. The van der Waals surface area contributed by atoms with Crippen molar-refractivity contribution in [2.24, 2.45) is 0 Å². The molecule has 1 rings (SSSR count). The fraction of sp³-hybridized carbons (Fsp3) is 0.333. The maximum absolute atomic E-state index is 11.2. The third-order valence-electron chi connectivity index (χ3n) is 2.25. The predicted octanol–water partition coefficient (Wildman–Crippen LogP) is 2.63. The molecule has 1 atom stereocenters. The summed E-state index contributed by atoms with van der Waals surface area (Å²) in [6, 6.07) is 7.25. The number of rotatable bonds is 4. The number of carbonyl (C=O) groups excluding carboxylic acids is 1. The van der Waals surface area contributed by atoms with Crippen molar-refractivity contribution >= 4 is 17.4 Å². The van der Waals surface area contributed by atoms with Crippen LogP contribution in [0.2, 0.25) is 0 Å². The molecule has 0 fully saturated rings. The summed E-state index contributed by atoms with van der Waals surface area (Å²) in [7, 11) is 1.54. The lowest BCUT2D eigenvalue weighted by molar-refractivity contribution is -0.116. The zero-order valence-corrected chi connectivity index (χ0v) is 9.91. The Hall–Kier alpha value is -1.53. The highest BCUT2D eigenvalue weighted by molar-refractivity contribution is 6.30. The Bertz CT molecular complexity index is 437. The summed E-state index contributed by atoms with van der Waals surface area (Å²) < 4.78 is 5.07. The Kier molecular flexibility index (Phi) is 4.33. The molecule has 0 aromatic heterocycles. The van der Waals surface area contributed by atoms with Crippen LogP contribution in [0.3, 0.4) is 0 Å². The number of Topliss-reactive ketones (excluding diaryl/α,β-unsaturated/α-hetero) is 1. The van der Waals surface area contributed by atoms with Crippen molar-refractivity contribution in [3.63, 3.8) is 0 Å². The van der Waals surface area contributed by atoms with Crippen LogP contribution in [0.5, 0.6) is 5.75 Å². The van der Waals surface area contributed by atoms with E-state index in [0.717, 1.165) is 5.56 Å². The zero-order chi connectivity index (χ0) is 12.1. The Morgan fingerprint density at radius 2 is 2.31 bits per heavy atom. The number of nitrogens with zero attached hydrogens (tertiary/aromatic N) is 1. The highest BCUT2D eigenvalue weighted by atomic mass is 35.5. The monoisotopic (exact) mass is 237 g/mol. The fourth-order valence-corrected chi connectivity index (χ4v) is 1.60. The van der Waals surface area contributed by atoms with E-state index >= 15 is 0 Å². The fourth-order valence-electron chi connectivity index (χ4n) is 1.40. The summed E-state index contributed by atoms with van der Waals surface area (Å²) in [6.45, 7) is 1.42. The SMILES string of the molecule is COc1ccc(CC#N)c(C(Cl)C(C)=O)c1. The molecule has 0 bridgehead atoms. The van der Waals surface area contributed by atoms with Crippen molar-refractivity contribution in [2.75, 3.05) is 7.11 Å².